The van der Waals surface area contributed by atoms with Crippen molar-refractivity contribution in [2.75, 3.05) is 30.6 Å². The van der Waals surface area contributed by atoms with Gasteiger partial charge in [-0.2, -0.15) is 18.2 Å². The summed E-state index contributed by atoms with van der Waals surface area (Å²) in [5.74, 6) is -1.57. The molecule has 1 N–H and O–H groups in total. The van der Waals surface area contributed by atoms with E-state index in [-0.39, 0.29) is 48.4 Å². The van der Waals surface area contributed by atoms with Gasteiger partial charge in [-0.3, -0.25) is 4.90 Å². The highest BCUT2D eigenvalue weighted by Gasteiger charge is 2.54. The fourth-order valence-electron chi connectivity index (χ4n) is 8.93. The van der Waals surface area contributed by atoms with Gasteiger partial charge in [0.2, 0.25) is 5.88 Å². The van der Waals surface area contributed by atoms with E-state index in [2.05, 4.69) is 15.0 Å². The lowest BCUT2D eigenvalue weighted by Crippen LogP contribution is -2.65. The number of benzene rings is 3. The van der Waals surface area contributed by atoms with Crippen molar-refractivity contribution in [3.05, 3.63) is 99.0 Å². The SMILES string of the molecule is COc1ccc(CN(Cc2ccc(OC)cc2)c2cc(-c3nc4c5c(nc(=O)[nH]c5c3F)N3C[C@H]5CC[C@@H]([C@H]3[C@H](C)O4)N5C(=O)OC(C)(C)C)c(C(F)(F)F)c(C)c2F)cc1. The highest BCUT2D eigenvalue weighted by atomic mass is 19.4. The van der Waals surface area contributed by atoms with E-state index in [9.17, 15) is 9.59 Å². The molecule has 0 radical (unpaired) electrons. The molecule has 3 aliphatic rings. The number of nitrogens with one attached hydrogen (secondary N) is 1. The Morgan fingerprint density at radius 2 is 1.54 bits per heavy atom. The molecule has 5 aromatic rings. The van der Waals surface area contributed by atoms with Crippen LogP contribution < -0.4 is 29.7 Å². The number of piperazine rings is 1. The van der Waals surface area contributed by atoms with Crippen molar-refractivity contribution in [2.24, 2.45) is 0 Å². The van der Waals surface area contributed by atoms with Crippen molar-refractivity contribution in [2.45, 2.75) is 96.6 Å². The third-order valence-corrected chi connectivity index (χ3v) is 11.6. The minimum Gasteiger partial charge on any atom is -0.497 e. The molecule has 8 rings (SSSR count). The Kier molecular flexibility index (Phi) is 10.5. The molecule has 0 spiro atoms. The fraction of sp³-hybridized carbons (Fsp3) is 0.409. The van der Waals surface area contributed by atoms with Crippen LogP contribution in [0.1, 0.15) is 62.8 Å². The summed E-state index contributed by atoms with van der Waals surface area (Å²) in [5.41, 5.74) is -4.91. The molecule has 2 bridgehead atoms. The number of methoxy groups -OCH3 is 2. The Balaban J connectivity index is 1.29. The van der Waals surface area contributed by atoms with E-state index in [0.29, 0.717) is 35.5 Å². The van der Waals surface area contributed by atoms with Gasteiger partial charge in [-0.05, 0) is 94.5 Å². The number of halogens is 5. The first-order valence-electron chi connectivity index (χ1n) is 19.9. The van der Waals surface area contributed by atoms with Crippen LogP contribution in [0.2, 0.25) is 0 Å². The number of amides is 1. The van der Waals surface area contributed by atoms with Gasteiger partial charge in [-0.15, -0.1) is 0 Å². The normalized spacial score (nSPS) is 19.6. The number of aromatic nitrogens is 3. The zero-order valence-corrected chi connectivity index (χ0v) is 34.6. The largest absolute Gasteiger partial charge is 0.497 e. The van der Waals surface area contributed by atoms with Crippen LogP contribution >= 0.6 is 0 Å². The first-order chi connectivity index (χ1) is 28.9. The van der Waals surface area contributed by atoms with Crippen LogP contribution in [0.25, 0.3) is 22.2 Å². The standard InChI is InChI=1S/C44H45F5N6O6/c1-22-33(44(47,48)49)29(18-31(34(22)45)53(19-24-8-13-27(58-6)14-9-24)20-25-10-15-28(59-7)16-11-25)36-35(46)37-32-39(52-41(56)51-37)54-21-26-12-17-30(38(54)23(2)60-40(32)50-36)55(26)42(57)61-43(3,4)5/h8-11,13-16,18,23,26,30,38H,12,17,19-21H2,1-7H3,(H,51,52,56)/t23-,26+,30-,38+/m0/s1. The number of pyridine rings is 1. The molecular formula is C44H45F5N6O6. The van der Waals surface area contributed by atoms with Crippen molar-refractivity contribution in [3.63, 3.8) is 0 Å². The Labute approximate surface area is 348 Å². The topological polar surface area (TPSA) is 122 Å². The summed E-state index contributed by atoms with van der Waals surface area (Å²) >= 11 is 0. The van der Waals surface area contributed by atoms with E-state index < -0.39 is 81.3 Å². The van der Waals surface area contributed by atoms with Crippen molar-refractivity contribution >= 4 is 28.5 Å². The summed E-state index contributed by atoms with van der Waals surface area (Å²) < 4.78 is 102. The van der Waals surface area contributed by atoms with Crippen molar-refractivity contribution < 1.29 is 45.7 Å². The molecule has 322 valence electrons. The van der Waals surface area contributed by atoms with Gasteiger partial charge in [-0.1, -0.05) is 24.3 Å². The number of rotatable bonds is 8. The number of anilines is 2. The van der Waals surface area contributed by atoms with E-state index in [0.717, 1.165) is 13.0 Å². The number of carbonyl (C=O) groups excluding carboxylic acids is 1. The van der Waals surface area contributed by atoms with Crippen LogP contribution in [0, 0.1) is 18.6 Å². The molecule has 1 amide bonds. The number of H-pyrrole nitrogens is 1. The van der Waals surface area contributed by atoms with Gasteiger partial charge in [0.15, 0.2) is 5.82 Å². The molecule has 5 heterocycles. The fourth-order valence-corrected chi connectivity index (χ4v) is 8.93. The molecule has 0 unspecified atom stereocenters. The van der Waals surface area contributed by atoms with Gasteiger partial charge in [0, 0.05) is 25.2 Å². The molecule has 17 heteroatoms. The van der Waals surface area contributed by atoms with Crippen molar-refractivity contribution in [1.29, 1.82) is 0 Å². The molecule has 3 aliphatic heterocycles. The quantitative estimate of drug-likeness (QED) is 0.152. The van der Waals surface area contributed by atoms with Gasteiger partial charge >= 0.3 is 18.0 Å². The summed E-state index contributed by atoms with van der Waals surface area (Å²) in [5, 5.41) is -0.0476. The number of hydrogen-bond acceptors (Lipinski definition) is 10. The van der Waals surface area contributed by atoms with Gasteiger partial charge in [-0.25, -0.2) is 23.4 Å². The highest BCUT2D eigenvalue weighted by Crippen LogP contribution is 2.48. The van der Waals surface area contributed by atoms with E-state index in [1.807, 2.05) is 0 Å². The first kappa shape index (κ1) is 41.6. The van der Waals surface area contributed by atoms with Gasteiger partial charge in [0.25, 0.3) is 0 Å². The Bertz CT molecular complexity index is 2510. The monoisotopic (exact) mass is 848 g/mol. The summed E-state index contributed by atoms with van der Waals surface area (Å²) in [4.78, 5) is 43.0. The molecule has 12 nitrogen and oxygen atoms in total. The summed E-state index contributed by atoms with van der Waals surface area (Å²) in [6.07, 6.45) is -5.31. The molecule has 2 saturated heterocycles. The molecule has 0 saturated carbocycles. The lowest BCUT2D eigenvalue weighted by Gasteiger charge is -2.48. The summed E-state index contributed by atoms with van der Waals surface area (Å²) in [6.45, 7) is 8.25. The second-order valence-corrected chi connectivity index (χ2v) is 16.7. The van der Waals surface area contributed by atoms with Crippen LogP contribution in [0.4, 0.5) is 38.3 Å². The second-order valence-electron chi connectivity index (χ2n) is 16.7. The van der Waals surface area contributed by atoms with Crippen LogP contribution in [0.5, 0.6) is 17.4 Å². The molecule has 4 atom stereocenters. The average Bonchev–Trinajstić information content (AvgIpc) is 3.45. The molecule has 2 fully saturated rings. The van der Waals surface area contributed by atoms with E-state index in [1.54, 1.807) is 90.9 Å². The number of aromatic amines is 1. The molecule has 61 heavy (non-hydrogen) atoms. The van der Waals surface area contributed by atoms with Crippen LogP contribution in [0.15, 0.2) is 59.4 Å². The molecule has 3 aromatic carbocycles. The smallest absolute Gasteiger partial charge is 0.417 e. The number of carbonyl (C=O) groups is 1. The summed E-state index contributed by atoms with van der Waals surface area (Å²) in [7, 11) is 3.02. The summed E-state index contributed by atoms with van der Waals surface area (Å²) in [6, 6.07) is 13.3. The lowest BCUT2D eigenvalue weighted by molar-refractivity contribution is -0.137. The number of nitrogens with zero attached hydrogens (tertiary/aromatic N) is 5. The van der Waals surface area contributed by atoms with Gasteiger partial charge in [0.05, 0.1) is 49.1 Å². The van der Waals surface area contributed by atoms with Crippen molar-refractivity contribution in [3.8, 4) is 28.6 Å². The van der Waals surface area contributed by atoms with E-state index in [4.69, 9.17) is 18.9 Å². The predicted molar refractivity (Wildman–Crippen MR) is 217 cm³/mol. The van der Waals surface area contributed by atoms with Gasteiger partial charge < -0.3 is 33.7 Å². The zero-order chi connectivity index (χ0) is 43.7. The van der Waals surface area contributed by atoms with Crippen LogP contribution in [-0.2, 0) is 24.0 Å². The van der Waals surface area contributed by atoms with Crippen molar-refractivity contribution in [1.82, 2.24) is 19.9 Å². The number of ether oxygens (including phenoxy) is 4. The molecule has 0 aliphatic carbocycles. The third kappa shape index (κ3) is 7.63. The third-order valence-electron chi connectivity index (χ3n) is 11.6. The first-order valence-corrected chi connectivity index (χ1v) is 19.9. The number of alkyl halides is 3. The van der Waals surface area contributed by atoms with Gasteiger partial charge in [0.1, 0.15) is 45.9 Å². The average molecular weight is 849 g/mol. The van der Waals surface area contributed by atoms with E-state index in [1.165, 1.54) is 14.2 Å². The predicted octanol–water partition coefficient (Wildman–Crippen LogP) is 8.55. The maximum Gasteiger partial charge on any atom is 0.417 e. The number of hydrogen-bond donors (Lipinski definition) is 1. The van der Waals surface area contributed by atoms with Crippen LogP contribution in [0.3, 0.4) is 0 Å². The number of fused-ring (bicyclic) bond motifs is 5. The molecular weight excluding hydrogens is 804 g/mol. The maximum absolute atomic E-state index is 17.3. The zero-order valence-electron chi connectivity index (χ0n) is 34.6. The maximum atomic E-state index is 17.3. The van der Waals surface area contributed by atoms with E-state index >= 15 is 22.0 Å². The second kappa shape index (κ2) is 15.4. The Hall–Kier alpha value is -6.13. The minimum absolute atomic E-state index is 0.0265. The lowest BCUT2D eigenvalue weighted by atomic mass is 9.95. The highest BCUT2D eigenvalue weighted by molar-refractivity contribution is 5.97. The Morgan fingerprint density at radius 1 is 0.934 bits per heavy atom. The molecule has 2 aromatic heterocycles. The minimum atomic E-state index is -5.18. The van der Waals surface area contributed by atoms with Crippen LogP contribution in [-0.4, -0.2) is 76.5 Å². The Morgan fingerprint density at radius 3 is 2.10 bits per heavy atom.